The van der Waals surface area contributed by atoms with Gasteiger partial charge in [0.2, 0.25) is 0 Å². The molecule has 4 nitrogen and oxygen atoms in total. The molecule has 0 saturated heterocycles. The summed E-state index contributed by atoms with van der Waals surface area (Å²) in [6.45, 7) is 1.40. The molecule has 2 rings (SSSR count). The number of hydrogen-bond donors (Lipinski definition) is 0. The summed E-state index contributed by atoms with van der Waals surface area (Å²) in [7, 11) is 1.69. The first-order valence-corrected chi connectivity index (χ1v) is 7.45. The summed E-state index contributed by atoms with van der Waals surface area (Å²) in [4.78, 5) is 10.9. The van der Waals surface area contributed by atoms with Gasteiger partial charge >= 0.3 is 4.94 Å². The van der Waals surface area contributed by atoms with Gasteiger partial charge in [0.05, 0.1) is 14.9 Å². The molecule has 18 heavy (non-hydrogen) atoms. The standard InChI is InChI=1S/C12H13IO4S/c1-15-4-2-3-5-16-9-7-11-10(6-8(9)13)17-12(14)18-11/h6-7H,2-5H2,1H3. The van der Waals surface area contributed by atoms with Crippen LogP contribution in [0.1, 0.15) is 12.8 Å². The van der Waals surface area contributed by atoms with Crippen molar-refractivity contribution < 1.29 is 13.9 Å². The number of hydrogen-bond acceptors (Lipinski definition) is 5. The number of fused-ring (bicyclic) bond motifs is 1. The Morgan fingerprint density at radius 1 is 1.33 bits per heavy atom. The molecule has 0 radical (unpaired) electrons. The Labute approximate surface area is 122 Å². The van der Waals surface area contributed by atoms with Crippen LogP contribution in [0.3, 0.4) is 0 Å². The fourth-order valence-electron chi connectivity index (χ4n) is 1.52. The van der Waals surface area contributed by atoms with Gasteiger partial charge < -0.3 is 13.9 Å². The molecular formula is C12H13IO4S. The van der Waals surface area contributed by atoms with Gasteiger partial charge in [0.25, 0.3) is 0 Å². The largest absolute Gasteiger partial charge is 0.492 e. The fourth-order valence-corrected chi connectivity index (χ4v) is 2.79. The van der Waals surface area contributed by atoms with Crippen LogP contribution in [0, 0.1) is 3.57 Å². The SMILES string of the molecule is COCCCCOc1cc2sc(=O)oc2cc1I. The maximum absolute atomic E-state index is 11.1. The zero-order valence-corrected chi connectivity index (χ0v) is 12.9. The van der Waals surface area contributed by atoms with Crippen LogP contribution in [0.4, 0.5) is 0 Å². The van der Waals surface area contributed by atoms with Gasteiger partial charge in [0, 0.05) is 19.8 Å². The minimum atomic E-state index is -0.280. The molecule has 1 aromatic carbocycles. The van der Waals surface area contributed by atoms with Crippen LogP contribution in [0.2, 0.25) is 0 Å². The molecule has 0 N–H and O–H groups in total. The smallest absolute Gasteiger partial charge is 0.396 e. The normalized spacial score (nSPS) is 11.0. The number of ether oxygens (including phenoxy) is 2. The Balaban J connectivity index is 2.03. The average molecular weight is 380 g/mol. The molecule has 98 valence electrons. The van der Waals surface area contributed by atoms with Crippen molar-refractivity contribution in [2.45, 2.75) is 12.8 Å². The molecule has 6 heteroatoms. The van der Waals surface area contributed by atoms with E-state index >= 15 is 0 Å². The van der Waals surface area contributed by atoms with Gasteiger partial charge in [-0.25, -0.2) is 4.79 Å². The third kappa shape index (κ3) is 3.46. The Hall–Kier alpha value is -0.600. The van der Waals surface area contributed by atoms with E-state index in [0.29, 0.717) is 12.2 Å². The van der Waals surface area contributed by atoms with Crippen molar-refractivity contribution >= 4 is 44.2 Å². The van der Waals surface area contributed by atoms with E-state index in [0.717, 1.165) is 44.8 Å². The molecule has 0 unspecified atom stereocenters. The highest BCUT2D eigenvalue weighted by molar-refractivity contribution is 14.1. The highest BCUT2D eigenvalue weighted by Crippen LogP contribution is 2.29. The second-order valence-electron chi connectivity index (χ2n) is 3.73. The first kappa shape index (κ1) is 13.8. The summed E-state index contributed by atoms with van der Waals surface area (Å²) in [5, 5.41) is 0. The predicted molar refractivity (Wildman–Crippen MR) is 79.7 cm³/mol. The van der Waals surface area contributed by atoms with Gasteiger partial charge in [0.15, 0.2) is 5.58 Å². The summed E-state index contributed by atoms with van der Waals surface area (Å²) >= 11 is 3.28. The van der Waals surface area contributed by atoms with Crippen molar-refractivity contribution in [1.82, 2.24) is 0 Å². The molecule has 0 spiro atoms. The number of benzene rings is 1. The van der Waals surface area contributed by atoms with Gasteiger partial charge in [-0.05, 0) is 41.5 Å². The van der Waals surface area contributed by atoms with Crippen LogP contribution in [-0.2, 0) is 4.74 Å². The summed E-state index contributed by atoms with van der Waals surface area (Å²) in [5.41, 5.74) is 0.626. The summed E-state index contributed by atoms with van der Waals surface area (Å²) in [6, 6.07) is 3.70. The van der Waals surface area contributed by atoms with Gasteiger partial charge in [-0.3, -0.25) is 0 Å². The van der Waals surface area contributed by atoms with E-state index in [1.807, 2.05) is 12.1 Å². The maximum Gasteiger partial charge on any atom is 0.396 e. The topological polar surface area (TPSA) is 48.7 Å². The summed E-state index contributed by atoms with van der Waals surface area (Å²) in [6.07, 6.45) is 1.93. The quantitative estimate of drug-likeness (QED) is 0.570. The zero-order chi connectivity index (χ0) is 13.0. The van der Waals surface area contributed by atoms with Crippen LogP contribution >= 0.6 is 33.9 Å². The van der Waals surface area contributed by atoms with E-state index in [1.165, 1.54) is 0 Å². The third-order valence-corrected chi connectivity index (χ3v) is 4.02. The minimum Gasteiger partial charge on any atom is -0.492 e. The fraction of sp³-hybridized carbons (Fsp3) is 0.417. The average Bonchev–Trinajstić information content (AvgIpc) is 2.68. The lowest BCUT2D eigenvalue weighted by atomic mass is 10.3. The molecule has 1 aromatic heterocycles. The Morgan fingerprint density at radius 3 is 2.89 bits per heavy atom. The van der Waals surface area contributed by atoms with Crippen molar-refractivity contribution in [3.63, 3.8) is 0 Å². The van der Waals surface area contributed by atoms with Crippen molar-refractivity contribution in [1.29, 1.82) is 0 Å². The maximum atomic E-state index is 11.1. The third-order valence-electron chi connectivity index (χ3n) is 2.39. The number of halogens is 1. The van der Waals surface area contributed by atoms with Gasteiger partial charge in [-0.15, -0.1) is 0 Å². The first-order chi connectivity index (χ1) is 8.70. The highest BCUT2D eigenvalue weighted by atomic mass is 127. The first-order valence-electron chi connectivity index (χ1n) is 5.55. The van der Waals surface area contributed by atoms with Gasteiger partial charge in [0.1, 0.15) is 5.75 Å². The second-order valence-corrected chi connectivity index (χ2v) is 5.87. The molecule has 0 amide bonds. The lowest BCUT2D eigenvalue weighted by molar-refractivity contribution is 0.184. The van der Waals surface area contributed by atoms with Crippen LogP contribution in [0.5, 0.6) is 5.75 Å². The molecular weight excluding hydrogens is 367 g/mol. The number of rotatable bonds is 6. The minimum absolute atomic E-state index is 0.280. The summed E-state index contributed by atoms with van der Waals surface area (Å²) < 4.78 is 17.5. The van der Waals surface area contributed by atoms with Crippen molar-refractivity contribution in [2.24, 2.45) is 0 Å². The van der Waals surface area contributed by atoms with E-state index in [1.54, 1.807) is 7.11 Å². The second kappa shape index (κ2) is 6.53. The van der Waals surface area contributed by atoms with Gasteiger partial charge in [-0.2, -0.15) is 0 Å². The molecule has 0 aliphatic carbocycles. The molecule has 0 atom stereocenters. The molecule has 0 saturated carbocycles. The lowest BCUT2D eigenvalue weighted by Crippen LogP contribution is -2.00. The van der Waals surface area contributed by atoms with Crippen LogP contribution in [0.15, 0.2) is 21.3 Å². The van der Waals surface area contributed by atoms with Crippen LogP contribution in [0.25, 0.3) is 10.3 Å². The Kier molecular flexibility index (Phi) is 5.02. The van der Waals surface area contributed by atoms with Crippen molar-refractivity contribution in [2.75, 3.05) is 20.3 Å². The van der Waals surface area contributed by atoms with E-state index < -0.39 is 0 Å². The Morgan fingerprint density at radius 2 is 2.11 bits per heavy atom. The molecule has 1 heterocycles. The van der Waals surface area contributed by atoms with Crippen LogP contribution in [-0.4, -0.2) is 20.3 Å². The van der Waals surface area contributed by atoms with Crippen LogP contribution < -0.4 is 9.68 Å². The Bertz CT molecular complexity index is 575. The summed E-state index contributed by atoms with van der Waals surface area (Å²) in [5.74, 6) is 0.803. The predicted octanol–water partition coefficient (Wildman–Crippen LogP) is 3.26. The monoisotopic (exact) mass is 380 g/mol. The van der Waals surface area contributed by atoms with Crippen molar-refractivity contribution in [3.05, 3.63) is 25.4 Å². The molecule has 2 aromatic rings. The molecule has 0 bridgehead atoms. The van der Waals surface area contributed by atoms with Crippen molar-refractivity contribution in [3.8, 4) is 5.75 Å². The number of unbranched alkanes of at least 4 members (excludes halogenated alkanes) is 1. The van der Waals surface area contributed by atoms with E-state index in [4.69, 9.17) is 13.9 Å². The molecule has 0 aliphatic heterocycles. The zero-order valence-electron chi connectivity index (χ0n) is 9.90. The number of methoxy groups -OCH3 is 1. The lowest BCUT2D eigenvalue weighted by Gasteiger charge is -2.07. The molecule has 0 fully saturated rings. The van der Waals surface area contributed by atoms with Gasteiger partial charge in [-0.1, -0.05) is 11.3 Å². The molecule has 0 aliphatic rings. The highest BCUT2D eigenvalue weighted by Gasteiger charge is 2.08. The van der Waals surface area contributed by atoms with E-state index in [-0.39, 0.29) is 4.94 Å². The van der Waals surface area contributed by atoms with E-state index in [9.17, 15) is 4.79 Å². The van der Waals surface area contributed by atoms with E-state index in [2.05, 4.69) is 22.6 Å².